The maximum atomic E-state index is 12.4. The van der Waals surface area contributed by atoms with E-state index >= 15 is 0 Å². The molecule has 0 aliphatic heterocycles. The molecule has 4 rings (SSSR count). The molecular weight excluding hydrogens is 437 g/mol. The highest BCUT2D eigenvalue weighted by Crippen LogP contribution is 2.23. The number of nitrogens with zero attached hydrogens (tertiary/aromatic N) is 2. The molecule has 2 heterocycles. The third-order valence-electron chi connectivity index (χ3n) is 4.22. The van der Waals surface area contributed by atoms with Crippen LogP contribution in [0, 0.1) is 10.5 Å². The second-order valence-electron chi connectivity index (χ2n) is 6.06. The highest BCUT2D eigenvalue weighted by molar-refractivity contribution is 14.1. The Morgan fingerprint density at radius 3 is 2.58 bits per heavy atom. The molecule has 0 fully saturated rings. The van der Waals surface area contributed by atoms with E-state index < -0.39 is 0 Å². The molecule has 5 heteroatoms. The Balaban J connectivity index is 1.62. The number of pyridine rings is 1. The van der Waals surface area contributed by atoms with Crippen LogP contribution in [0.2, 0.25) is 0 Å². The summed E-state index contributed by atoms with van der Waals surface area (Å²) in [5.41, 5.74) is 5.27. The van der Waals surface area contributed by atoms with E-state index in [1.54, 1.807) is 0 Å². The Labute approximate surface area is 165 Å². The van der Waals surface area contributed by atoms with Gasteiger partial charge in [0.2, 0.25) is 0 Å². The van der Waals surface area contributed by atoms with Crippen molar-refractivity contribution in [2.75, 3.05) is 5.32 Å². The highest BCUT2D eigenvalue weighted by atomic mass is 127. The average molecular weight is 453 g/mol. The topological polar surface area (TPSA) is 46.4 Å². The van der Waals surface area contributed by atoms with Crippen LogP contribution in [0.15, 0.2) is 72.9 Å². The summed E-state index contributed by atoms with van der Waals surface area (Å²) in [5.74, 6) is -0.121. The van der Waals surface area contributed by atoms with Crippen LogP contribution in [0.5, 0.6) is 0 Å². The predicted octanol–water partition coefficient (Wildman–Crippen LogP) is 5.17. The van der Waals surface area contributed by atoms with Crippen molar-refractivity contribution in [2.45, 2.75) is 6.92 Å². The van der Waals surface area contributed by atoms with E-state index in [4.69, 9.17) is 0 Å². The fourth-order valence-corrected chi connectivity index (χ4v) is 3.21. The van der Waals surface area contributed by atoms with Crippen molar-refractivity contribution in [3.8, 4) is 11.3 Å². The molecule has 26 heavy (non-hydrogen) atoms. The number of anilines is 1. The predicted molar refractivity (Wildman–Crippen MR) is 112 cm³/mol. The fourth-order valence-electron chi connectivity index (χ4n) is 2.85. The maximum absolute atomic E-state index is 12.4. The number of benzene rings is 2. The number of nitrogens with one attached hydrogen (secondary N) is 1. The quantitative estimate of drug-likeness (QED) is 0.436. The van der Waals surface area contributed by atoms with Crippen molar-refractivity contribution in [2.24, 2.45) is 0 Å². The third kappa shape index (κ3) is 3.35. The van der Waals surface area contributed by atoms with Gasteiger partial charge in [0.1, 0.15) is 5.65 Å². The van der Waals surface area contributed by atoms with Crippen molar-refractivity contribution in [3.63, 3.8) is 0 Å². The molecular formula is C21H16IN3O. The summed E-state index contributed by atoms with van der Waals surface area (Å²) in [6, 6.07) is 21.3. The summed E-state index contributed by atoms with van der Waals surface area (Å²) in [5, 5.41) is 2.96. The zero-order valence-corrected chi connectivity index (χ0v) is 16.3. The van der Waals surface area contributed by atoms with Gasteiger partial charge in [-0.1, -0.05) is 18.2 Å². The number of aryl methyl sites for hydroxylation is 1. The van der Waals surface area contributed by atoms with E-state index in [0.717, 1.165) is 31.9 Å². The molecule has 0 bridgehead atoms. The zero-order valence-electron chi connectivity index (χ0n) is 14.1. The minimum atomic E-state index is -0.121. The molecule has 4 aromatic rings. The zero-order chi connectivity index (χ0) is 18.1. The van der Waals surface area contributed by atoms with Gasteiger partial charge in [-0.05, 0) is 78.0 Å². The van der Waals surface area contributed by atoms with E-state index in [2.05, 4.69) is 50.3 Å². The third-order valence-corrected chi connectivity index (χ3v) is 4.94. The minimum absolute atomic E-state index is 0.121. The summed E-state index contributed by atoms with van der Waals surface area (Å²) >= 11 is 2.22. The van der Waals surface area contributed by atoms with Gasteiger partial charge in [0.25, 0.3) is 5.91 Å². The van der Waals surface area contributed by atoms with Crippen LogP contribution in [0.25, 0.3) is 16.9 Å². The van der Waals surface area contributed by atoms with Gasteiger partial charge in [0.15, 0.2) is 0 Å². The lowest BCUT2D eigenvalue weighted by atomic mass is 10.1. The number of imidazole rings is 1. The summed E-state index contributed by atoms with van der Waals surface area (Å²) in [7, 11) is 0. The van der Waals surface area contributed by atoms with Crippen LogP contribution >= 0.6 is 22.6 Å². The number of carbonyl (C=O) groups is 1. The van der Waals surface area contributed by atoms with Crippen molar-refractivity contribution >= 4 is 39.8 Å². The number of carbonyl (C=O) groups excluding carboxylic acids is 1. The molecule has 0 unspecified atom stereocenters. The summed E-state index contributed by atoms with van der Waals surface area (Å²) in [6.45, 7) is 2.05. The second kappa shape index (κ2) is 6.92. The first-order valence-electron chi connectivity index (χ1n) is 8.22. The van der Waals surface area contributed by atoms with Gasteiger partial charge in [-0.15, -0.1) is 0 Å². The Kier molecular flexibility index (Phi) is 4.46. The molecule has 1 N–H and O–H groups in total. The molecule has 0 radical (unpaired) electrons. The molecule has 0 spiro atoms. The van der Waals surface area contributed by atoms with E-state index in [-0.39, 0.29) is 5.91 Å². The average Bonchev–Trinajstić information content (AvgIpc) is 3.08. The molecule has 1 amide bonds. The van der Waals surface area contributed by atoms with Crippen LogP contribution in [0.4, 0.5) is 5.69 Å². The lowest BCUT2D eigenvalue weighted by molar-refractivity contribution is 0.102. The molecule has 0 aliphatic carbocycles. The molecule has 0 saturated carbocycles. The van der Waals surface area contributed by atoms with Gasteiger partial charge in [0, 0.05) is 32.3 Å². The molecule has 0 atom stereocenters. The fraction of sp³-hybridized carbons (Fsp3) is 0.0476. The van der Waals surface area contributed by atoms with E-state index in [0.29, 0.717) is 5.56 Å². The highest BCUT2D eigenvalue weighted by Gasteiger charge is 2.09. The second-order valence-corrected chi connectivity index (χ2v) is 7.31. The molecule has 128 valence electrons. The Morgan fingerprint density at radius 1 is 1.04 bits per heavy atom. The first-order valence-corrected chi connectivity index (χ1v) is 9.30. The van der Waals surface area contributed by atoms with Gasteiger partial charge >= 0.3 is 0 Å². The standard InChI is InChI=1S/C21H16IN3O/c1-14-4-2-7-20-24-19(13-25(14)20)16-5-3-6-18(12-16)23-21(26)15-8-10-17(22)11-9-15/h2-13H,1H3,(H,23,26). The normalized spacial score (nSPS) is 10.8. The maximum Gasteiger partial charge on any atom is 0.255 e. The monoisotopic (exact) mass is 453 g/mol. The lowest BCUT2D eigenvalue weighted by Gasteiger charge is -2.07. The van der Waals surface area contributed by atoms with Crippen molar-refractivity contribution < 1.29 is 4.79 Å². The van der Waals surface area contributed by atoms with Crippen LogP contribution in [0.1, 0.15) is 16.1 Å². The van der Waals surface area contributed by atoms with Crippen molar-refractivity contribution in [1.82, 2.24) is 9.38 Å². The SMILES string of the molecule is Cc1cccc2nc(-c3cccc(NC(=O)c4ccc(I)cc4)c3)cn12. The number of hydrogen-bond acceptors (Lipinski definition) is 2. The van der Waals surface area contributed by atoms with E-state index in [1.807, 2.05) is 66.9 Å². The number of rotatable bonds is 3. The van der Waals surface area contributed by atoms with Gasteiger partial charge < -0.3 is 9.72 Å². The molecule has 0 saturated heterocycles. The van der Waals surface area contributed by atoms with Crippen LogP contribution in [-0.4, -0.2) is 15.3 Å². The van der Waals surface area contributed by atoms with Gasteiger partial charge in [0.05, 0.1) is 5.69 Å². The summed E-state index contributed by atoms with van der Waals surface area (Å²) < 4.78 is 3.16. The molecule has 0 aliphatic rings. The number of halogens is 1. The van der Waals surface area contributed by atoms with Crippen LogP contribution in [0.3, 0.4) is 0 Å². The van der Waals surface area contributed by atoms with E-state index in [9.17, 15) is 4.79 Å². The lowest BCUT2D eigenvalue weighted by Crippen LogP contribution is -2.11. The van der Waals surface area contributed by atoms with E-state index in [1.165, 1.54) is 0 Å². The molecule has 4 nitrogen and oxygen atoms in total. The van der Waals surface area contributed by atoms with Gasteiger partial charge in [-0.2, -0.15) is 0 Å². The number of amides is 1. The molecule has 2 aromatic carbocycles. The van der Waals surface area contributed by atoms with Crippen molar-refractivity contribution in [3.05, 3.63) is 87.8 Å². The Morgan fingerprint density at radius 2 is 1.81 bits per heavy atom. The Bertz CT molecular complexity index is 1100. The summed E-state index contributed by atoms with van der Waals surface area (Å²) in [6.07, 6.45) is 2.02. The summed E-state index contributed by atoms with van der Waals surface area (Å²) in [4.78, 5) is 17.1. The number of aromatic nitrogens is 2. The van der Waals surface area contributed by atoms with Gasteiger partial charge in [-0.25, -0.2) is 4.98 Å². The van der Waals surface area contributed by atoms with Crippen LogP contribution in [-0.2, 0) is 0 Å². The first-order chi connectivity index (χ1) is 12.6. The largest absolute Gasteiger partial charge is 0.322 e. The smallest absolute Gasteiger partial charge is 0.255 e. The minimum Gasteiger partial charge on any atom is -0.322 e. The number of hydrogen-bond donors (Lipinski definition) is 1. The molecule has 2 aromatic heterocycles. The Hall–Kier alpha value is -2.67. The first kappa shape index (κ1) is 16.8. The number of fused-ring (bicyclic) bond motifs is 1. The van der Waals surface area contributed by atoms with Gasteiger partial charge in [-0.3, -0.25) is 4.79 Å². The van der Waals surface area contributed by atoms with Crippen LogP contribution < -0.4 is 5.32 Å². The van der Waals surface area contributed by atoms with Crippen molar-refractivity contribution in [1.29, 1.82) is 0 Å².